The van der Waals surface area contributed by atoms with Crippen molar-refractivity contribution in [3.8, 4) is 0 Å². The van der Waals surface area contributed by atoms with Gasteiger partial charge in [-0.25, -0.2) is 4.79 Å². The number of nitrogens with one attached hydrogen (secondary N) is 3. The monoisotopic (exact) mass is 347 g/mol. The summed E-state index contributed by atoms with van der Waals surface area (Å²) in [6, 6.07) is 8.46. The molecule has 8 heteroatoms. The summed E-state index contributed by atoms with van der Waals surface area (Å²) in [4.78, 5) is 38.5. The van der Waals surface area contributed by atoms with Gasteiger partial charge < -0.3 is 15.0 Å². The van der Waals surface area contributed by atoms with E-state index in [0.717, 1.165) is 23.0 Å². The molecule has 2 saturated heterocycles. The Kier molecular flexibility index (Phi) is 5.00. The first kappa shape index (κ1) is 17.4. The molecule has 0 spiro atoms. The van der Waals surface area contributed by atoms with E-state index in [4.69, 9.17) is 4.74 Å². The molecule has 0 bridgehead atoms. The number of imide groups is 1. The molecule has 25 heavy (non-hydrogen) atoms. The minimum Gasteiger partial charge on any atom is -0.370 e. The third-order valence-corrected chi connectivity index (χ3v) is 4.74. The molecule has 1 aromatic rings. The van der Waals surface area contributed by atoms with Gasteiger partial charge in [-0.15, -0.1) is 0 Å². The van der Waals surface area contributed by atoms with Gasteiger partial charge in [0.2, 0.25) is 0 Å². The number of ether oxygens (including phenoxy) is 1. The molecule has 2 aliphatic heterocycles. The Bertz CT molecular complexity index is 660. The van der Waals surface area contributed by atoms with Crippen LogP contribution in [0.1, 0.15) is 18.9 Å². The second-order valence-corrected chi connectivity index (χ2v) is 6.27. The zero-order valence-corrected chi connectivity index (χ0v) is 14.2. The van der Waals surface area contributed by atoms with Gasteiger partial charge in [0.25, 0.3) is 11.8 Å². The fourth-order valence-electron chi connectivity index (χ4n) is 3.27. The zero-order valence-electron chi connectivity index (χ0n) is 14.2. The van der Waals surface area contributed by atoms with E-state index in [0.29, 0.717) is 25.2 Å². The summed E-state index contributed by atoms with van der Waals surface area (Å²) < 4.78 is 5.26. The fourth-order valence-corrected chi connectivity index (χ4v) is 3.27. The van der Waals surface area contributed by atoms with Crippen molar-refractivity contribution in [2.24, 2.45) is 0 Å². The maximum absolute atomic E-state index is 12.9. The summed E-state index contributed by atoms with van der Waals surface area (Å²) in [6.45, 7) is 4.71. The van der Waals surface area contributed by atoms with Gasteiger partial charge in [0.05, 0.1) is 13.2 Å². The molecule has 0 radical (unpaired) electrons. The molecule has 4 amide bonds. The lowest BCUT2D eigenvalue weighted by Gasteiger charge is -2.26. The smallest absolute Gasteiger partial charge is 0.344 e. The van der Waals surface area contributed by atoms with Crippen molar-refractivity contribution in [1.29, 1.82) is 0 Å². The maximum Gasteiger partial charge on any atom is 0.344 e. The Balaban J connectivity index is 1.71. The minimum absolute atomic E-state index is 0.199. The Morgan fingerprint density at radius 3 is 2.60 bits per heavy atom. The summed E-state index contributed by atoms with van der Waals surface area (Å²) in [6.07, 6.45) is 0.392. The van der Waals surface area contributed by atoms with Crippen LogP contribution in [0.5, 0.6) is 0 Å². The molecule has 0 aliphatic carbocycles. The topological polar surface area (TPSA) is 92.2 Å². The number of hydrogen-bond acceptors (Lipinski definition) is 4. The molecular formula is C17H23N4O4+. The largest absolute Gasteiger partial charge is 0.370 e. The predicted octanol–water partition coefficient (Wildman–Crippen LogP) is -1.21. The van der Waals surface area contributed by atoms with E-state index in [-0.39, 0.29) is 12.5 Å². The Morgan fingerprint density at radius 1 is 1.28 bits per heavy atom. The molecule has 2 aliphatic rings. The summed E-state index contributed by atoms with van der Waals surface area (Å²) >= 11 is 0. The second-order valence-electron chi connectivity index (χ2n) is 6.27. The molecular weight excluding hydrogens is 324 g/mol. The number of carbonyl (C=O) groups excluding carboxylic acids is 3. The van der Waals surface area contributed by atoms with Crippen LogP contribution in [0, 0.1) is 0 Å². The molecule has 0 unspecified atom stereocenters. The highest BCUT2D eigenvalue weighted by Gasteiger charge is 2.52. The van der Waals surface area contributed by atoms with Crippen molar-refractivity contribution in [3.63, 3.8) is 0 Å². The van der Waals surface area contributed by atoms with Crippen LogP contribution in [0.2, 0.25) is 0 Å². The average Bonchev–Trinajstić information content (AvgIpc) is 2.88. The fraction of sp³-hybridized carbons (Fsp3) is 0.471. The SMILES string of the molecule is CC[C@@]1(c2ccccc2)NC(=O)N(NC(=O)C[NH+]2CCOCC2)C1=O. The highest BCUT2D eigenvalue weighted by molar-refractivity contribution is 6.08. The van der Waals surface area contributed by atoms with E-state index in [1.807, 2.05) is 25.1 Å². The van der Waals surface area contributed by atoms with E-state index in [2.05, 4.69) is 10.7 Å². The maximum atomic E-state index is 12.9. The number of morpholine rings is 1. The van der Waals surface area contributed by atoms with Gasteiger partial charge in [0, 0.05) is 0 Å². The highest BCUT2D eigenvalue weighted by Crippen LogP contribution is 2.31. The first-order valence-electron chi connectivity index (χ1n) is 8.50. The lowest BCUT2D eigenvalue weighted by Crippen LogP contribution is -3.15. The van der Waals surface area contributed by atoms with Crippen molar-refractivity contribution >= 4 is 17.8 Å². The van der Waals surface area contributed by atoms with Crippen molar-refractivity contribution in [2.45, 2.75) is 18.9 Å². The number of carbonyl (C=O) groups is 3. The predicted molar refractivity (Wildman–Crippen MR) is 88.3 cm³/mol. The second kappa shape index (κ2) is 7.20. The highest BCUT2D eigenvalue weighted by atomic mass is 16.5. The molecule has 0 saturated carbocycles. The molecule has 3 rings (SSSR count). The van der Waals surface area contributed by atoms with Crippen LogP contribution >= 0.6 is 0 Å². The number of hydrazine groups is 1. The summed E-state index contributed by atoms with van der Waals surface area (Å²) in [5.41, 5.74) is 2.01. The van der Waals surface area contributed by atoms with E-state index in [1.54, 1.807) is 12.1 Å². The molecule has 1 atom stereocenters. The van der Waals surface area contributed by atoms with Crippen LogP contribution in [0.3, 0.4) is 0 Å². The van der Waals surface area contributed by atoms with Gasteiger partial charge in [-0.3, -0.25) is 15.0 Å². The first-order chi connectivity index (χ1) is 12.1. The summed E-state index contributed by atoms with van der Waals surface area (Å²) in [7, 11) is 0. The van der Waals surface area contributed by atoms with Crippen LogP contribution in [0.4, 0.5) is 4.79 Å². The molecule has 1 aromatic carbocycles. The summed E-state index contributed by atoms with van der Waals surface area (Å²) in [5, 5.41) is 3.54. The quantitative estimate of drug-likeness (QED) is 0.583. The van der Waals surface area contributed by atoms with Crippen LogP contribution in [0.25, 0.3) is 0 Å². The Hall–Kier alpha value is -2.45. The first-order valence-corrected chi connectivity index (χ1v) is 8.50. The van der Waals surface area contributed by atoms with Crippen molar-refractivity contribution in [2.75, 3.05) is 32.8 Å². The van der Waals surface area contributed by atoms with E-state index in [1.165, 1.54) is 0 Å². The van der Waals surface area contributed by atoms with Gasteiger partial charge in [-0.05, 0) is 12.0 Å². The van der Waals surface area contributed by atoms with E-state index >= 15 is 0 Å². The number of urea groups is 1. The van der Waals surface area contributed by atoms with Crippen LogP contribution in [-0.2, 0) is 19.9 Å². The van der Waals surface area contributed by atoms with Crippen molar-refractivity contribution in [3.05, 3.63) is 35.9 Å². The Morgan fingerprint density at radius 2 is 1.96 bits per heavy atom. The normalized spacial score (nSPS) is 24.3. The van der Waals surface area contributed by atoms with E-state index in [9.17, 15) is 14.4 Å². The van der Waals surface area contributed by atoms with Gasteiger partial charge in [-0.2, -0.15) is 5.01 Å². The van der Waals surface area contributed by atoms with Crippen LogP contribution in [-0.4, -0.2) is 55.7 Å². The van der Waals surface area contributed by atoms with Crippen molar-refractivity contribution in [1.82, 2.24) is 15.8 Å². The van der Waals surface area contributed by atoms with Gasteiger partial charge >= 0.3 is 6.03 Å². The third kappa shape index (κ3) is 3.35. The number of benzene rings is 1. The van der Waals surface area contributed by atoms with Gasteiger partial charge in [-0.1, -0.05) is 37.3 Å². The van der Waals surface area contributed by atoms with Gasteiger partial charge in [0.15, 0.2) is 6.54 Å². The number of amides is 4. The number of nitrogens with zero attached hydrogens (tertiary/aromatic N) is 1. The molecule has 0 aromatic heterocycles. The van der Waals surface area contributed by atoms with Crippen LogP contribution in [0.15, 0.2) is 30.3 Å². The number of rotatable bonds is 5. The van der Waals surface area contributed by atoms with Crippen molar-refractivity contribution < 1.29 is 24.0 Å². The molecule has 3 N–H and O–H groups in total. The lowest BCUT2D eigenvalue weighted by atomic mass is 9.87. The number of hydrogen-bond donors (Lipinski definition) is 3. The summed E-state index contributed by atoms with van der Waals surface area (Å²) in [5.74, 6) is -0.822. The molecule has 134 valence electrons. The zero-order chi connectivity index (χ0) is 17.9. The Labute approximate surface area is 146 Å². The third-order valence-electron chi connectivity index (χ3n) is 4.74. The average molecular weight is 347 g/mol. The molecule has 2 heterocycles. The minimum atomic E-state index is -1.14. The van der Waals surface area contributed by atoms with Gasteiger partial charge in [0.1, 0.15) is 18.6 Å². The van der Waals surface area contributed by atoms with E-state index < -0.39 is 17.5 Å². The standard InChI is InChI=1S/C17H22N4O4/c1-2-17(13-6-4-3-5-7-13)15(23)21(16(24)18-17)19-14(22)12-20-8-10-25-11-9-20/h3-7H,2,8-12H2,1H3,(H,18,24)(H,19,22)/p+1/t17-/m0/s1. The van der Waals surface area contributed by atoms with Crippen LogP contribution < -0.4 is 15.6 Å². The lowest BCUT2D eigenvalue weighted by molar-refractivity contribution is -0.900. The molecule has 8 nitrogen and oxygen atoms in total. The number of quaternary nitrogens is 1. The molecule has 2 fully saturated rings.